The fourth-order valence-electron chi connectivity index (χ4n) is 4.11. The molecule has 1 spiro atoms. The first kappa shape index (κ1) is 19.0. The number of imidazole rings is 1. The third kappa shape index (κ3) is 4.05. The quantitative estimate of drug-likeness (QED) is 0.810. The van der Waals surface area contributed by atoms with Crippen molar-refractivity contribution >= 4 is 6.09 Å². The molecule has 28 heavy (non-hydrogen) atoms. The number of carbonyl (C=O) groups is 1. The SMILES string of the molecule is Cn1ccnc1CN1CCC2(CC1)COCCN2C(=O)OCc1ccccc1. The van der Waals surface area contributed by atoms with Crippen molar-refractivity contribution in [3.63, 3.8) is 0 Å². The molecule has 1 amide bonds. The Kier molecular flexibility index (Phi) is 5.64. The summed E-state index contributed by atoms with van der Waals surface area (Å²) in [5.74, 6) is 1.06. The number of morpholine rings is 1. The first-order valence-electron chi connectivity index (χ1n) is 9.91. The second-order valence-corrected chi connectivity index (χ2v) is 7.70. The van der Waals surface area contributed by atoms with Crippen LogP contribution in [0.15, 0.2) is 42.7 Å². The molecule has 7 heteroatoms. The molecule has 0 atom stereocenters. The topological polar surface area (TPSA) is 59.8 Å². The van der Waals surface area contributed by atoms with E-state index in [4.69, 9.17) is 9.47 Å². The predicted molar refractivity (Wildman–Crippen MR) is 105 cm³/mol. The number of benzene rings is 1. The molecule has 2 aliphatic heterocycles. The molecule has 2 saturated heterocycles. The summed E-state index contributed by atoms with van der Waals surface area (Å²) in [4.78, 5) is 21.6. The molecule has 7 nitrogen and oxygen atoms in total. The predicted octanol–water partition coefficient (Wildman–Crippen LogP) is 2.42. The zero-order chi connectivity index (χ0) is 19.4. The lowest BCUT2D eigenvalue weighted by Gasteiger charge is -2.50. The van der Waals surface area contributed by atoms with Gasteiger partial charge in [-0.05, 0) is 18.4 Å². The van der Waals surface area contributed by atoms with Crippen molar-refractivity contribution in [1.82, 2.24) is 19.4 Å². The van der Waals surface area contributed by atoms with Crippen molar-refractivity contribution in [3.8, 4) is 0 Å². The van der Waals surface area contributed by atoms with Gasteiger partial charge in [-0.1, -0.05) is 30.3 Å². The molecule has 150 valence electrons. The van der Waals surface area contributed by atoms with E-state index in [-0.39, 0.29) is 11.6 Å². The number of aromatic nitrogens is 2. The van der Waals surface area contributed by atoms with E-state index in [2.05, 4.69) is 14.5 Å². The van der Waals surface area contributed by atoms with Crippen molar-refractivity contribution in [1.29, 1.82) is 0 Å². The van der Waals surface area contributed by atoms with Gasteiger partial charge in [0.25, 0.3) is 0 Å². The molecule has 1 aromatic carbocycles. The molecule has 2 aromatic rings. The highest BCUT2D eigenvalue weighted by Crippen LogP contribution is 2.33. The van der Waals surface area contributed by atoms with Gasteiger partial charge in [0.15, 0.2) is 0 Å². The lowest BCUT2D eigenvalue weighted by atomic mass is 9.85. The molecule has 3 heterocycles. The fraction of sp³-hybridized carbons (Fsp3) is 0.524. The van der Waals surface area contributed by atoms with Crippen LogP contribution >= 0.6 is 0 Å². The van der Waals surface area contributed by atoms with Crippen molar-refractivity contribution < 1.29 is 14.3 Å². The maximum absolute atomic E-state index is 12.8. The van der Waals surface area contributed by atoms with Crippen LogP contribution in [0.1, 0.15) is 24.2 Å². The van der Waals surface area contributed by atoms with Crippen molar-refractivity contribution in [3.05, 3.63) is 54.1 Å². The van der Waals surface area contributed by atoms with E-state index in [9.17, 15) is 4.79 Å². The molecular formula is C21H28N4O3. The molecule has 2 aliphatic rings. The number of piperidine rings is 1. The highest BCUT2D eigenvalue weighted by Gasteiger charge is 2.45. The second kappa shape index (κ2) is 8.32. The van der Waals surface area contributed by atoms with Gasteiger partial charge in [0, 0.05) is 39.1 Å². The summed E-state index contributed by atoms with van der Waals surface area (Å²) in [6.45, 7) is 4.71. The minimum atomic E-state index is -0.260. The largest absolute Gasteiger partial charge is 0.445 e. The third-order valence-electron chi connectivity index (χ3n) is 5.90. The number of rotatable bonds is 4. The van der Waals surface area contributed by atoms with Crippen LogP contribution in [0.25, 0.3) is 0 Å². The Morgan fingerprint density at radius 1 is 1.21 bits per heavy atom. The van der Waals surface area contributed by atoms with Crippen molar-refractivity contribution in [2.45, 2.75) is 31.5 Å². The van der Waals surface area contributed by atoms with Crippen LogP contribution < -0.4 is 0 Å². The van der Waals surface area contributed by atoms with E-state index in [1.165, 1.54) is 0 Å². The van der Waals surface area contributed by atoms with E-state index in [0.29, 0.717) is 26.4 Å². The minimum absolute atomic E-state index is 0.232. The van der Waals surface area contributed by atoms with Gasteiger partial charge in [0.2, 0.25) is 0 Å². The number of ether oxygens (including phenoxy) is 2. The molecule has 2 fully saturated rings. The van der Waals surface area contributed by atoms with E-state index >= 15 is 0 Å². The standard InChI is InChI=1S/C21H28N4O3/c1-23-12-9-22-19(23)15-24-10-7-21(8-11-24)17-27-14-13-25(21)20(26)28-16-18-5-3-2-4-6-18/h2-6,9,12H,7-8,10-11,13-17H2,1H3. The molecule has 0 unspecified atom stereocenters. The highest BCUT2D eigenvalue weighted by molar-refractivity contribution is 5.69. The summed E-state index contributed by atoms with van der Waals surface area (Å²) < 4.78 is 13.5. The fourth-order valence-corrected chi connectivity index (χ4v) is 4.11. The number of hydrogen-bond acceptors (Lipinski definition) is 5. The van der Waals surface area contributed by atoms with Gasteiger partial charge >= 0.3 is 6.09 Å². The molecule has 1 aromatic heterocycles. The lowest BCUT2D eigenvalue weighted by molar-refractivity contribution is -0.0873. The Labute approximate surface area is 165 Å². The first-order valence-corrected chi connectivity index (χ1v) is 9.91. The van der Waals surface area contributed by atoms with Gasteiger partial charge in [0.05, 0.1) is 25.3 Å². The first-order chi connectivity index (χ1) is 13.7. The van der Waals surface area contributed by atoms with Crippen LogP contribution in [0.5, 0.6) is 0 Å². The summed E-state index contributed by atoms with van der Waals surface area (Å²) in [6, 6.07) is 9.81. The number of aryl methyl sites for hydroxylation is 1. The molecule has 0 bridgehead atoms. The minimum Gasteiger partial charge on any atom is -0.445 e. The Bertz CT molecular complexity index is 784. The van der Waals surface area contributed by atoms with Gasteiger partial charge in [-0.25, -0.2) is 9.78 Å². The molecular weight excluding hydrogens is 356 g/mol. The van der Waals surface area contributed by atoms with Crippen molar-refractivity contribution in [2.24, 2.45) is 7.05 Å². The molecule has 0 aliphatic carbocycles. The number of likely N-dealkylation sites (tertiary alicyclic amines) is 1. The highest BCUT2D eigenvalue weighted by atomic mass is 16.6. The Morgan fingerprint density at radius 2 is 2.00 bits per heavy atom. The number of hydrogen-bond donors (Lipinski definition) is 0. The van der Waals surface area contributed by atoms with Gasteiger partial charge in [-0.3, -0.25) is 9.80 Å². The van der Waals surface area contributed by atoms with E-state index in [0.717, 1.165) is 43.9 Å². The van der Waals surface area contributed by atoms with Crippen LogP contribution in [0.4, 0.5) is 4.79 Å². The van der Waals surface area contributed by atoms with Crippen LogP contribution in [0.2, 0.25) is 0 Å². The summed E-state index contributed by atoms with van der Waals surface area (Å²) in [7, 11) is 2.02. The monoisotopic (exact) mass is 384 g/mol. The summed E-state index contributed by atoms with van der Waals surface area (Å²) in [5, 5.41) is 0. The summed E-state index contributed by atoms with van der Waals surface area (Å²) in [5.41, 5.74) is 0.743. The van der Waals surface area contributed by atoms with Crippen LogP contribution in [0.3, 0.4) is 0 Å². The summed E-state index contributed by atoms with van der Waals surface area (Å²) in [6.07, 6.45) is 5.35. The zero-order valence-corrected chi connectivity index (χ0v) is 16.4. The molecule has 0 radical (unpaired) electrons. The smallest absolute Gasteiger partial charge is 0.410 e. The zero-order valence-electron chi connectivity index (χ0n) is 16.4. The third-order valence-corrected chi connectivity index (χ3v) is 5.90. The van der Waals surface area contributed by atoms with Crippen LogP contribution in [-0.4, -0.2) is 63.8 Å². The van der Waals surface area contributed by atoms with Crippen LogP contribution in [-0.2, 0) is 29.7 Å². The normalized spacial score (nSPS) is 19.7. The van der Waals surface area contributed by atoms with E-state index < -0.39 is 0 Å². The average Bonchev–Trinajstić information content (AvgIpc) is 3.13. The molecule has 0 N–H and O–H groups in total. The lowest BCUT2D eigenvalue weighted by Crippen LogP contribution is -2.63. The number of carbonyl (C=O) groups excluding carboxylic acids is 1. The Morgan fingerprint density at radius 3 is 2.71 bits per heavy atom. The van der Waals surface area contributed by atoms with E-state index in [1.54, 1.807) is 0 Å². The summed E-state index contributed by atoms with van der Waals surface area (Å²) >= 11 is 0. The van der Waals surface area contributed by atoms with Crippen molar-refractivity contribution in [2.75, 3.05) is 32.8 Å². The average molecular weight is 384 g/mol. The van der Waals surface area contributed by atoms with Gasteiger partial charge in [-0.2, -0.15) is 0 Å². The number of nitrogens with zero attached hydrogens (tertiary/aromatic N) is 4. The number of amides is 1. The van der Waals surface area contributed by atoms with Gasteiger partial charge in [-0.15, -0.1) is 0 Å². The molecule has 4 rings (SSSR count). The van der Waals surface area contributed by atoms with Crippen LogP contribution in [0, 0.1) is 0 Å². The maximum Gasteiger partial charge on any atom is 0.410 e. The van der Waals surface area contributed by atoms with Gasteiger partial charge < -0.3 is 14.0 Å². The Hall–Kier alpha value is -2.38. The Balaban J connectivity index is 1.36. The molecule has 0 saturated carbocycles. The second-order valence-electron chi connectivity index (χ2n) is 7.70. The van der Waals surface area contributed by atoms with Gasteiger partial charge in [0.1, 0.15) is 12.4 Å². The van der Waals surface area contributed by atoms with E-state index in [1.807, 2.05) is 54.7 Å². The maximum atomic E-state index is 12.8.